The van der Waals surface area contributed by atoms with Crippen molar-refractivity contribution in [1.82, 2.24) is 0 Å². The van der Waals surface area contributed by atoms with Crippen LogP contribution in [0.4, 0.5) is 0 Å². The second kappa shape index (κ2) is 6.58. The smallest absolute Gasteiger partial charge is 0.156 e. The summed E-state index contributed by atoms with van der Waals surface area (Å²) in [6.45, 7) is 4.06. The fraction of sp³-hybridized carbons (Fsp3) is 0.263. The molecule has 1 aromatic heterocycles. The van der Waals surface area contributed by atoms with Crippen LogP contribution in [-0.4, -0.2) is 5.11 Å². The second-order valence-corrected chi connectivity index (χ2v) is 7.10. The molecule has 0 spiro atoms. The summed E-state index contributed by atoms with van der Waals surface area (Å²) in [6, 6.07) is 9.95. The van der Waals surface area contributed by atoms with Crippen LogP contribution in [-0.2, 0) is 12.8 Å². The van der Waals surface area contributed by atoms with Gasteiger partial charge in [-0.1, -0.05) is 53.0 Å². The Labute approximate surface area is 149 Å². The Morgan fingerprint density at radius 1 is 1.22 bits per heavy atom. The molecule has 1 heterocycles. The van der Waals surface area contributed by atoms with E-state index in [1.165, 1.54) is 0 Å². The Morgan fingerprint density at radius 3 is 2.57 bits per heavy atom. The van der Waals surface area contributed by atoms with Crippen molar-refractivity contribution >= 4 is 38.5 Å². The molecule has 3 rings (SSSR count). The molecule has 0 aliphatic rings. The van der Waals surface area contributed by atoms with Crippen molar-refractivity contribution in [1.29, 1.82) is 0 Å². The lowest BCUT2D eigenvalue weighted by molar-refractivity contribution is 0.473. The molecule has 2 nitrogen and oxygen atoms in total. The molecule has 0 atom stereocenters. The lowest BCUT2D eigenvalue weighted by Crippen LogP contribution is -1.88. The van der Waals surface area contributed by atoms with E-state index in [2.05, 4.69) is 35.0 Å². The fourth-order valence-electron chi connectivity index (χ4n) is 2.88. The standard InChI is InChI=1S/C19H18BrClO2/c1-3-4-13-10-15(21)19-17(18(13)22)11(2)16(23-19)9-12-5-7-14(20)8-6-12/h5-8,10,22H,3-4,9H2,1-2H3. The van der Waals surface area contributed by atoms with Crippen molar-refractivity contribution in [3.63, 3.8) is 0 Å². The molecule has 0 saturated carbocycles. The van der Waals surface area contributed by atoms with Crippen LogP contribution in [0, 0.1) is 6.92 Å². The molecule has 2 aromatic carbocycles. The van der Waals surface area contributed by atoms with Crippen molar-refractivity contribution in [2.75, 3.05) is 0 Å². The molecule has 23 heavy (non-hydrogen) atoms. The molecule has 0 unspecified atom stereocenters. The van der Waals surface area contributed by atoms with E-state index in [1.54, 1.807) is 0 Å². The first kappa shape index (κ1) is 16.4. The van der Waals surface area contributed by atoms with E-state index in [1.807, 2.05) is 25.1 Å². The summed E-state index contributed by atoms with van der Waals surface area (Å²) in [6.07, 6.45) is 2.43. The van der Waals surface area contributed by atoms with Crippen molar-refractivity contribution < 1.29 is 9.52 Å². The molecule has 0 saturated heterocycles. The average Bonchev–Trinajstić information content (AvgIpc) is 2.85. The van der Waals surface area contributed by atoms with Crippen molar-refractivity contribution in [3.05, 3.63) is 62.3 Å². The highest BCUT2D eigenvalue weighted by molar-refractivity contribution is 9.10. The zero-order chi connectivity index (χ0) is 16.6. The predicted molar refractivity (Wildman–Crippen MR) is 98.6 cm³/mol. The number of hydrogen-bond acceptors (Lipinski definition) is 2. The number of phenolic OH excluding ortho intramolecular Hbond substituents is 1. The van der Waals surface area contributed by atoms with Gasteiger partial charge in [0.1, 0.15) is 11.5 Å². The molecule has 120 valence electrons. The number of fused-ring (bicyclic) bond motifs is 1. The van der Waals surface area contributed by atoms with Crippen LogP contribution in [0.25, 0.3) is 11.0 Å². The Morgan fingerprint density at radius 2 is 1.91 bits per heavy atom. The first-order chi connectivity index (χ1) is 11.0. The van der Waals surface area contributed by atoms with Gasteiger partial charge in [0.05, 0.1) is 10.4 Å². The zero-order valence-corrected chi connectivity index (χ0v) is 15.5. The number of halogens is 2. The third-order valence-electron chi connectivity index (χ3n) is 4.10. The van der Waals surface area contributed by atoms with E-state index >= 15 is 0 Å². The maximum atomic E-state index is 10.6. The molecule has 1 N–H and O–H groups in total. The summed E-state index contributed by atoms with van der Waals surface area (Å²) < 4.78 is 7.02. The van der Waals surface area contributed by atoms with Gasteiger partial charge in [0, 0.05) is 16.5 Å². The number of hydrogen-bond donors (Lipinski definition) is 1. The van der Waals surface area contributed by atoms with Crippen LogP contribution in [0.2, 0.25) is 5.02 Å². The van der Waals surface area contributed by atoms with E-state index in [-0.39, 0.29) is 0 Å². The molecule has 0 bridgehead atoms. The lowest BCUT2D eigenvalue weighted by Gasteiger charge is -2.05. The molecule has 4 heteroatoms. The molecule has 0 aliphatic heterocycles. The van der Waals surface area contributed by atoms with E-state index < -0.39 is 0 Å². The Balaban J connectivity index is 2.09. The van der Waals surface area contributed by atoms with Crippen molar-refractivity contribution in [3.8, 4) is 5.75 Å². The number of rotatable bonds is 4. The Hall–Kier alpha value is -1.45. The third kappa shape index (κ3) is 3.13. The summed E-state index contributed by atoms with van der Waals surface area (Å²) in [4.78, 5) is 0. The maximum absolute atomic E-state index is 10.6. The average molecular weight is 394 g/mol. The van der Waals surface area contributed by atoms with Crippen LogP contribution in [0.15, 0.2) is 39.2 Å². The molecule has 0 aliphatic carbocycles. The Kier molecular flexibility index (Phi) is 4.69. The largest absolute Gasteiger partial charge is 0.507 e. The van der Waals surface area contributed by atoms with Crippen LogP contribution < -0.4 is 0 Å². The number of aryl methyl sites for hydroxylation is 2. The minimum absolute atomic E-state index is 0.301. The quantitative estimate of drug-likeness (QED) is 0.556. The minimum Gasteiger partial charge on any atom is -0.507 e. The van der Waals surface area contributed by atoms with Crippen LogP contribution >= 0.6 is 27.5 Å². The molecule has 0 amide bonds. The molecule has 0 radical (unpaired) electrons. The molecule has 3 aromatic rings. The van der Waals surface area contributed by atoms with Gasteiger partial charge in [-0.05, 0) is 42.7 Å². The van der Waals surface area contributed by atoms with E-state index in [9.17, 15) is 5.11 Å². The monoisotopic (exact) mass is 392 g/mol. The SMILES string of the molecule is CCCc1cc(Cl)c2oc(Cc3ccc(Br)cc3)c(C)c2c1O. The second-order valence-electron chi connectivity index (χ2n) is 5.77. The summed E-state index contributed by atoms with van der Waals surface area (Å²) in [5.41, 5.74) is 3.57. The van der Waals surface area contributed by atoms with Crippen LogP contribution in [0.3, 0.4) is 0 Å². The third-order valence-corrected chi connectivity index (χ3v) is 4.91. The van der Waals surface area contributed by atoms with E-state index in [4.69, 9.17) is 16.0 Å². The van der Waals surface area contributed by atoms with Gasteiger partial charge < -0.3 is 9.52 Å². The number of phenols is 1. The number of benzene rings is 2. The van der Waals surface area contributed by atoms with Gasteiger partial charge in [0.2, 0.25) is 0 Å². The first-order valence-corrected chi connectivity index (χ1v) is 8.85. The van der Waals surface area contributed by atoms with E-state index in [0.29, 0.717) is 22.8 Å². The van der Waals surface area contributed by atoms with Gasteiger partial charge in [0.25, 0.3) is 0 Å². The van der Waals surface area contributed by atoms with Crippen molar-refractivity contribution in [2.24, 2.45) is 0 Å². The highest BCUT2D eigenvalue weighted by atomic mass is 79.9. The maximum Gasteiger partial charge on any atom is 0.156 e. The number of furan rings is 1. The topological polar surface area (TPSA) is 33.4 Å². The highest BCUT2D eigenvalue weighted by Crippen LogP contribution is 2.40. The normalized spacial score (nSPS) is 11.3. The van der Waals surface area contributed by atoms with Crippen LogP contribution in [0.5, 0.6) is 5.75 Å². The lowest BCUT2D eigenvalue weighted by atomic mass is 10.0. The summed E-state index contributed by atoms with van der Waals surface area (Å²) in [5, 5.41) is 11.9. The zero-order valence-electron chi connectivity index (χ0n) is 13.1. The molecular formula is C19H18BrClO2. The predicted octanol–water partition coefficient (Wildman–Crippen LogP) is 6.41. The summed E-state index contributed by atoms with van der Waals surface area (Å²) in [5.74, 6) is 1.14. The minimum atomic E-state index is 0.301. The van der Waals surface area contributed by atoms with Gasteiger partial charge in [-0.25, -0.2) is 0 Å². The van der Waals surface area contributed by atoms with Gasteiger partial charge >= 0.3 is 0 Å². The van der Waals surface area contributed by atoms with Gasteiger partial charge in [0.15, 0.2) is 5.58 Å². The molecule has 0 fully saturated rings. The van der Waals surface area contributed by atoms with Crippen molar-refractivity contribution in [2.45, 2.75) is 33.1 Å². The number of aromatic hydroxyl groups is 1. The summed E-state index contributed by atoms with van der Waals surface area (Å²) in [7, 11) is 0. The molecular weight excluding hydrogens is 376 g/mol. The summed E-state index contributed by atoms with van der Waals surface area (Å²) >= 11 is 9.81. The van der Waals surface area contributed by atoms with Crippen LogP contribution in [0.1, 0.15) is 35.8 Å². The first-order valence-electron chi connectivity index (χ1n) is 7.68. The van der Waals surface area contributed by atoms with Gasteiger partial charge in [-0.15, -0.1) is 0 Å². The van der Waals surface area contributed by atoms with Gasteiger partial charge in [-0.3, -0.25) is 0 Å². The van der Waals surface area contributed by atoms with Gasteiger partial charge in [-0.2, -0.15) is 0 Å². The highest BCUT2D eigenvalue weighted by Gasteiger charge is 2.19. The Bertz CT molecular complexity index is 850. The fourth-order valence-corrected chi connectivity index (χ4v) is 3.41. The van der Waals surface area contributed by atoms with E-state index in [0.717, 1.165) is 45.2 Å².